The van der Waals surface area contributed by atoms with Crippen molar-refractivity contribution in [3.8, 4) is 0 Å². The summed E-state index contributed by atoms with van der Waals surface area (Å²) in [5.41, 5.74) is 9.15. The van der Waals surface area contributed by atoms with Gasteiger partial charge in [-0.3, -0.25) is 0 Å². The van der Waals surface area contributed by atoms with Gasteiger partial charge in [-0.15, -0.1) is 0 Å². The lowest BCUT2D eigenvalue weighted by Crippen LogP contribution is -2.34. The summed E-state index contributed by atoms with van der Waals surface area (Å²) in [6.45, 7) is 0.726. The van der Waals surface area contributed by atoms with Gasteiger partial charge in [0.2, 0.25) is 0 Å². The van der Waals surface area contributed by atoms with Crippen molar-refractivity contribution in [2.45, 2.75) is 57.1 Å². The summed E-state index contributed by atoms with van der Waals surface area (Å²) in [4.78, 5) is 0. The Morgan fingerprint density at radius 2 is 1.89 bits per heavy atom. The molecule has 1 fully saturated rings. The van der Waals surface area contributed by atoms with E-state index in [0.717, 1.165) is 13.0 Å². The normalized spacial score (nSPS) is 25.2. The fraction of sp³-hybridized carbons (Fsp3) is 0.647. The van der Waals surface area contributed by atoms with Crippen LogP contribution in [-0.2, 0) is 11.2 Å². The molecule has 0 radical (unpaired) electrons. The van der Waals surface area contributed by atoms with Gasteiger partial charge >= 0.3 is 0 Å². The van der Waals surface area contributed by atoms with Crippen molar-refractivity contribution in [1.29, 1.82) is 0 Å². The molecule has 0 spiro atoms. The molecule has 0 aliphatic heterocycles. The number of hydrogen-bond donors (Lipinski definition) is 1. The first kappa shape index (κ1) is 13.1. The minimum Gasteiger partial charge on any atom is -0.372 e. The molecule has 1 aromatic carbocycles. The van der Waals surface area contributed by atoms with Crippen LogP contribution in [0.15, 0.2) is 24.3 Å². The molecule has 2 atom stereocenters. The van der Waals surface area contributed by atoms with E-state index in [1.54, 1.807) is 0 Å². The van der Waals surface area contributed by atoms with E-state index in [0.29, 0.717) is 5.92 Å². The Bertz CT molecular complexity index is 411. The first-order valence-electron chi connectivity index (χ1n) is 7.79. The van der Waals surface area contributed by atoms with Gasteiger partial charge in [0.25, 0.3) is 0 Å². The second kappa shape index (κ2) is 6.06. The van der Waals surface area contributed by atoms with Gasteiger partial charge in [-0.1, -0.05) is 37.1 Å². The monoisotopic (exact) mass is 259 g/mol. The van der Waals surface area contributed by atoms with E-state index >= 15 is 0 Å². The van der Waals surface area contributed by atoms with Crippen LogP contribution in [-0.4, -0.2) is 12.6 Å². The Morgan fingerprint density at radius 1 is 1.11 bits per heavy atom. The Hall–Kier alpha value is -0.860. The van der Waals surface area contributed by atoms with Gasteiger partial charge in [0.05, 0.1) is 12.7 Å². The number of hydrogen-bond acceptors (Lipinski definition) is 2. The molecule has 2 N–H and O–H groups in total. The first-order chi connectivity index (χ1) is 9.34. The molecule has 2 heteroatoms. The molecule has 1 saturated carbocycles. The maximum atomic E-state index is 6.29. The molecule has 0 bridgehead atoms. The Balaban J connectivity index is 1.58. The molecule has 0 aromatic heterocycles. The zero-order valence-electron chi connectivity index (χ0n) is 11.7. The summed E-state index contributed by atoms with van der Waals surface area (Å²) in [5.74, 6) is 0.693. The highest BCUT2D eigenvalue weighted by Crippen LogP contribution is 2.33. The van der Waals surface area contributed by atoms with E-state index in [1.807, 2.05) is 0 Å². The van der Waals surface area contributed by atoms with Gasteiger partial charge in [0.1, 0.15) is 0 Å². The van der Waals surface area contributed by atoms with Crippen molar-refractivity contribution >= 4 is 0 Å². The number of aryl methyl sites for hydroxylation is 1. The van der Waals surface area contributed by atoms with Crippen LogP contribution >= 0.6 is 0 Å². The van der Waals surface area contributed by atoms with Crippen LogP contribution in [0, 0.1) is 5.92 Å². The molecular formula is C17H25NO. The Kier molecular flexibility index (Phi) is 4.19. The van der Waals surface area contributed by atoms with E-state index in [-0.39, 0.29) is 12.1 Å². The van der Waals surface area contributed by atoms with Crippen LogP contribution < -0.4 is 5.73 Å². The average Bonchev–Trinajstić information content (AvgIpc) is 2.99. The number of rotatable bonds is 4. The van der Waals surface area contributed by atoms with Gasteiger partial charge in [0, 0.05) is 6.04 Å². The molecule has 1 aromatic rings. The van der Waals surface area contributed by atoms with Crippen molar-refractivity contribution in [2.24, 2.45) is 11.7 Å². The van der Waals surface area contributed by atoms with Crippen molar-refractivity contribution in [3.63, 3.8) is 0 Å². The number of nitrogens with two attached hydrogens (primary N) is 1. The zero-order chi connectivity index (χ0) is 13.1. The summed E-state index contributed by atoms with van der Waals surface area (Å²) in [5, 5.41) is 0. The molecule has 0 saturated heterocycles. The van der Waals surface area contributed by atoms with E-state index in [2.05, 4.69) is 24.3 Å². The summed E-state index contributed by atoms with van der Waals surface area (Å²) < 4.78 is 6.16. The Labute approximate surface area is 116 Å². The van der Waals surface area contributed by atoms with Crippen LogP contribution in [0.3, 0.4) is 0 Å². The van der Waals surface area contributed by atoms with E-state index < -0.39 is 0 Å². The minimum atomic E-state index is 0.233. The minimum absolute atomic E-state index is 0.233. The highest BCUT2D eigenvalue weighted by molar-refractivity contribution is 5.31. The van der Waals surface area contributed by atoms with Gasteiger partial charge in [0.15, 0.2) is 0 Å². The third-order valence-corrected chi connectivity index (χ3v) is 4.81. The molecule has 2 unspecified atom stereocenters. The maximum absolute atomic E-state index is 6.29. The van der Waals surface area contributed by atoms with Crippen molar-refractivity contribution in [3.05, 3.63) is 35.4 Å². The number of benzene rings is 1. The molecule has 104 valence electrons. The topological polar surface area (TPSA) is 35.2 Å². The summed E-state index contributed by atoms with van der Waals surface area (Å²) in [6.07, 6.45) is 9.16. The van der Waals surface area contributed by atoms with Gasteiger partial charge in [-0.25, -0.2) is 0 Å². The van der Waals surface area contributed by atoms with Crippen LogP contribution in [0.25, 0.3) is 0 Å². The fourth-order valence-corrected chi connectivity index (χ4v) is 3.63. The molecule has 2 aliphatic carbocycles. The van der Waals surface area contributed by atoms with Gasteiger partial charge < -0.3 is 10.5 Å². The third-order valence-electron chi connectivity index (χ3n) is 4.81. The van der Waals surface area contributed by atoms with E-state index in [1.165, 1.54) is 49.7 Å². The lowest BCUT2D eigenvalue weighted by molar-refractivity contribution is 0.0239. The zero-order valence-corrected chi connectivity index (χ0v) is 11.7. The molecule has 2 aliphatic rings. The standard InChI is InChI=1S/C17H25NO/c18-16(14-7-1-2-8-14)12-19-17-11-5-9-13-6-3-4-10-15(13)17/h3-4,6,10,14,16-17H,1-2,5,7-9,11-12,18H2. The van der Waals surface area contributed by atoms with Gasteiger partial charge in [-0.2, -0.15) is 0 Å². The lowest BCUT2D eigenvalue weighted by atomic mass is 9.89. The summed E-state index contributed by atoms with van der Waals surface area (Å²) in [7, 11) is 0. The van der Waals surface area contributed by atoms with Crippen molar-refractivity contribution < 1.29 is 4.74 Å². The van der Waals surface area contributed by atoms with E-state index in [9.17, 15) is 0 Å². The fourth-order valence-electron chi connectivity index (χ4n) is 3.63. The predicted molar refractivity (Wildman–Crippen MR) is 78.0 cm³/mol. The van der Waals surface area contributed by atoms with E-state index in [4.69, 9.17) is 10.5 Å². The smallest absolute Gasteiger partial charge is 0.0828 e. The molecule has 3 rings (SSSR count). The molecular weight excluding hydrogens is 234 g/mol. The van der Waals surface area contributed by atoms with Crippen LogP contribution in [0.4, 0.5) is 0 Å². The average molecular weight is 259 g/mol. The molecule has 19 heavy (non-hydrogen) atoms. The van der Waals surface area contributed by atoms with Crippen LogP contribution in [0.1, 0.15) is 55.8 Å². The highest BCUT2D eigenvalue weighted by Gasteiger charge is 2.25. The maximum Gasteiger partial charge on any atom is 0.0828 e. The second-order valence-corrected chi connectivity index (χ2v) is 6.12. The largest absolute Gasteiger partial charge is 0.372 e. The highest BCUT2D eigenvalue weighted by atomic mass is 16.5. The van der Waals surface area contributed by atoms with Gasteiger partial charge in [-0.05, 0) is 49.1 Å². The predicted octanol–water partition coefficient (Wildman–Crippen LogP) is 3.60. The SMILES string of the molecule is NC(COC1CCCc2ccccc21)C1CCCC1. The Morgan fingerprint density at radius 3 is 2.74 bits per heavy atom. The molecule has 2 nitrogen and oxygen atoms in total. The first-order valence-corrected chi connectivity index (χ1v) is 7.79. The summed E-state index contributed by atoms with van der Waals surface area (Å²) >= 11 is 0. The quantitative estimate of drug-likeness (QED) is 0.896. The molecule has 0 heterocycles. The molecule has 0 amide bonds. The van der Waals surface area contributed by atoms with Crippen molar-refractivity contribution in [1.82, 2.24) is 0 Å². The van der Waals surface area contributed by atoms with Crippen LogP contribution in [0.2, 0.25) is 0 Å². The second-order valence-electron chi connectivity index (χ2n) is 6.12. The van der Waals surface area contributed by atoms with Crippen LogP contribution in [0.5, 0.6) is 0 Å². The summed E-state index contributed by atoms with van der Waals surface area (Å²) in [6, 6.07) is 8.95. The number of ether oxygens (including phenoxy) is 1. The number of fused-ring (bicyclic) bond motifs is 1. The van der Waals surface area contributed by atoms with Crippen molar-refractivity contribution in [2.75, 3.05) is 6.61 Å². The lowest BCUT2D eigenvalue weighted by Gasteiger charge is -2.28. The third kappa shape index (κ3) is 3.01.